The van der Waals surface area contributed by atoms with Crippen molar-refractivity contribution < 1.29 is 0 Å². The minimum atomic E-state index is 0.651. The average Bonchev–Trinajstić information content (AvgIpc) is 3.12. The van der Waals surface area contributed by atoms with Crippen molar-refractivity contribution in [3.8, 4) is 11.4 Å². The highest BCUT2D eigenvalue weighted by atomic mass is 15.2. The zero-order valence-corrected chi connectivity index (χ0v) is 16.2. The third-order valence-electron chi connectivity index (χ3n) is 5.32. The Balaban J connectivity index is 1.74. The van der Waals surface area contributed by atoms with Crippen molar-refractivity contribution >= 4 is 28.5 Å². The molecule has 2 atom stereocenters. The fourth-order valence-corrected chi connectivity index (χ4v) is 4.12. The number of anilines is 1. The van der Waals surface area contributed by atoms with Gasteiger partial charge in [-0.2, -0.15) is 5.10 Å². The number of fused-ring (bicyclic) bond motifs is 1. The molecule has 28 heavy (non-hydrogen) atoms. The van der Waals surface area contributed by atoms with Crippen LogP contribution in [0.4, 0.5) is 5.82 Å². The zero-order chi connectivity index (χ0) is 19.7. The first kappa shape index (κ1) is 18.2. The number of benzene rings is 1. The molecule has 2 unspecified atom stereocenters. The lowest BCUT2D eigenvalue weighted by molar-refractivity contribution is 0.355. The van der Waals surface area contributed by atoms with Crippen molar-refractivity contribution in [3.63, 3.8) is 0 Å². The summed E-state index contributed by atoms with van der Waals surface area (Å²) >= 11 is 0. The van der Waals surface area contributed by atoms with E-state index in [1.54, 1.807) is 6.33 Å². The third-order valence-corrected chi connectivity index (χ3v) is 5.32. The predicted molar refractivity (Wildman–Crippen MR) is 113 cm³/mol. The fraction of sp³-hybridized carbons (Fsp3) is 0.333. The molecule has 7 heteroatoms. The first-order chi connectivity index (χ1) is 13.6. The van der Waals surface area contributed by atoms with Gasteiger partial charge in [-0.05, 0) is 36.0 Å². The number of hydrogen-bond donors (Lipinski definition) is 3. The topological polar surface area (TPSA) is 108 Å². The number of piperidine rings is 1. The molecule has 0 saturated carbocycles. The molecule has 1 aliphatic heterocycles. The molecular formula is C21H25N7. The van der Waals surface area contributed by atoms with Crippen LogP contribution in [0.5, 0.6) is 0 Å². The smallest absolute Gasteiger partial charge is 0.132 e. The Labute approximate surface area is 164 Å². The number of aromatic amines is 1. The van der Waals surface area contributed by atoms with E-state index in [0.29, 0.717) is 17.4 Å². The second-order valence-electron chi connectivity index (χ2n) is 7.71. The van der Waals surface area contributed by atoms with Crippen LogP contribution in [0.2, 0.25) is 0 Å². The number of nitrogens with two attached hydrogens (primary N) is 1. The maximum Gasteiger partial charge on any atom is 0.132 e. The molecule has 0 radical (unpaired) electrons. The molecule has 4 N–H and O–H groups in total. The van der Waals surface area contributed by atoms with Gasteiger partial charge in [0, 0.05) is 42.5 Å². The lowest BCUT2D eigenvalue weighted by atomic mass is 9.92. The molecule has 1 aliphatic rings. The summed E-state index contributed by atoms with van der Waals surface area (Å²) in [6.45, 7) is 6.60. The second kappa shape index (κ2) is 7.42. The second-order valence-corrected chi connectivity index (χ2v) is 7.71. The van der Waals surface area contributed by atoms with Crippen LogP contribution >= 0.6 is 0 Å². The quantitative estimate of drug-likeness (QED) is 0.605. The van der Waals surface area contributed by atoms with Gasteiger partial charge in [0.1, 0.15) is 17.8 Å². The maximum absolute atomic E-state index is 7.54. The molecule has 0 amide bonds. The molecule has 4 rings (SSSR count). The molecule has 3 heterocycles. The summed E-state index contributed by atoms with van der Waals surface area (Å²) < 4.78 is 0. The van der Waals surface area contributed by atoms with Crippen LogP contribution < -0.4 is 10.6 Å². The minimum absolute atomic E-state index is 0.651. The van der Waals surface area contributed by atoms with Gasteiger partial charge in [0.25, 0.3) is 0 Å². The Morgan fingerprint density at radius 2 is 2.00 bits per heavy atom. The molecule has 0 spiro atoms. The standard InChI is InChI=1S/C21H25N7/c1-13-5-14(2)11-28(10-13)20-7-19(24-12-25-20)21-17-6-15(16(8-22)9-23)3-4-18(17)26-27-21/h3-4,6-9,12-14,22H,5,10-11,23H2,1-2H3,(H,26,27)/b16-9+,22-8?. The minimum Gasteiger partial charge on any atom is -0.404 e. The van der Waals surface area contributed by atoms with Crippen LogP contribution in [0.1, 0.15) is 25.8 Å². The van der Waals surface area contributed by atoms with E-state index in [-0.39, 0.29) is 0 Å². The Kier molecular flexibility index (Phi) is 4.81. The fourth-order valence-electron chi connectivity index (χ4n) is 4.12. The van der Waals surface area contributed by atoms with Crippen molar-refractivity contribution in [3.05, 3.63) is 42.4 Å². The van der Waals surface area contributed by atoms with Crippen LogP contribution in [-0.4, -0.2) is 39.5 Å². The molecule has 3 aromatic rings. The summed E-state index contributed by atoms with van der Waals surface area (Å²) in [7, 11) is 0. The highest BCUT2D eigenvalue weighted by molar-refractivity contribution is 6.09. The third kappa shape index (κ3) is 3.35. The van der Waals surface area contributed by atoms with Gasteiger partial charge >= 0.3 is 0 Å². The van der Waals surface area contributed by atoms with Crippen LogP contribution in [-0.2, 0) is 0 Å². The molecule has 1 aromatic carbocycles. The van der Waals surface area contributed by atoms with Crippen LogP contribution in [0.15, 0.2) is 36.8 Å². The number of rotatable bonds is 4. The SMILES string of the molecule is CC1CC(C)CN(c2cc(-c3n[nH]c4ccc(/C(C=N)=C/N)cc34)ncn2)C1. The number of hydrogen-bond acceptors (Lipinski definition) is 6. The molecule has 0 bridgehead atoms. The van der Waals surface area contributed by atoms with Gasteiger partial charge < -0.3 is 16.0 Å². The lowest BCUT2D eigenvalue weighted by Gasteiger charge is -2.35. The monoisotopic (exact) mass is 375 g/mol. The van der Waals surface area contributed by atoms with Crippen molar-refractivity contribution in [1.29, 1.82) is 5.41 Å². The Hall–Kier alpha value is -3.22. The Bertz CT molecular complexity index is 1030. The van der Waals surface area contributed by atoms with E-state index in [0.717, 1.165) is 46.8 Å². The molecule has 2 aromatic heterocycles. The van der Waals surface area contributed by atoms with Crippen molar-refractivity contribution in [2.75, 3.05) is 18.0 Å². The zero-order valence-electron chi connectivity index (χ0n) is 16.2. The molecule has 7 nitrogen and oxygen atoms in total. The van der Waals surface area contributed by atoms with Gasteiger partial charge in [-0.3, -0.25) is 5.10 Å². The number of nitrogens with zero attached hydrogens (tertiary/aromatic N) is 4. The van der Waals surface area contributed by atoms with Gasteiger partial charge in [-0.15, -0.1) is 0 Å². The van der Waals surface area contributed by atoms with Gasteiger partial charge in [0.05, 0.1) is 11.2 Å². The van der Waals surface area contributed by atoms with E-state index >= 15 is 0 Å². The van der Waals surface area contributed by atoms with Gasteiger partial charge in [0.2, 0.25) is 0 Å². The van der Waals surface area contributed by atoms with Crippen molar-refractivity contribution in [2.45, 2.75) is 20.3 Å². The van der Waals surface area contributed by atoms with E-state index in [4.69, 9.17) is 11.1 Å². The van der Waals surface area contributed by atoms with Crippen LogP contribution in [0, 0.1) is 17.2 Å². The molecular weight excluding hydrogens is 350 g/mol. The van der Waals surface area contributed by atoms with E-state index in [2.05, 4.69) is 38.9 Å². The van der Waals surface area contributed by atoms with Gasteiger partial charge in [0.15, 0.2) is 0 Å². The first-order valence-electron chi connectivity index (χ1n) is 9.57. The van der Waals surface area contributed by atoms with Crippen molar-refractivity contribution in [1.82, 2.24) is 20.2 Å². The van der Waals surface area contributed by atoms with E-state index in [9.17, 15) is 0 Å². The number of aromatic nitrogens is 4. The molecule has 0 aliphatic carbocycles. The first-order valence-corrected chi connectivity index (χ1v) is 9.57. The van der Waals surface area contributed by atoms with E-state index < -0.39 is 0 Å². The lowest BCUT2D eigenvalue weighted by Crippen LogP contribution is -2.39. The number of allylic oxidation sites excluding steroid dienone is 1. The summed E-state index contributed by atoms with van der Waals surface area (Å²) in [6.07, 6.45) is 5.56. The number of H-pyrrole nitrogens is 1. The normalized spacial score (nSPS) is 20.5. The summed E-state index contributed by atoms with van der Waals surface area (Å²) in [5.41, 5.74) is 9.66. The molecule has 1 saturated heterocycles. The van der Waals surface area contributed by atoms with E-state index in [1.165, 1.54) is 18.8 Å². The predicted octanol–water partition coefficient (Wildman–Crippen LogP) is 3.45. The Morgan fingerprint density at radius 1 is 1.21 bits per heavy atom. The average molecular weight is 375 g/mol. The summed E-state index contributed by atoms with van der Waals surface area (Å²) in [5, 5.41) is 16.0. The Morgan fingerprint density at radius 3 is 2.71 bits per heavy atom. The maximum atomic E-state index is 7.54. The van der Waals surface area contributed by atoms with Gasteiger partial charge in [-0.25, -0.2) is 9.97 Å². The van der Waals surface area contributed by atoms with Crippen LogP contribution in [0.25, 0.3) is 27.9 Å². The summed E-state index contributed by atoms with van der Waals surface area (Å²) in [4.78, 5) is 11.3. The highest BCUT2D eigenvalue weighted by Crippen LogP contribution is 2.30. The van der Waals surface area contributed by atoms with E-state index in [1.807, 2.05) is 24.3 Å². The van der Waals surface area contributed by atoms with Crippen LogP contribution in [0.3, 0.4) is 0 Å². The van der Waals surface area contributed by atoms with Crippen molar-refractivity contribution in [2.24, 2.45) is 17.6 Å². The largest absolute Gasteiger partial charge is 0.404 e. The molecule has 1 fully saturated rings. The van der Waals surface area contributed by atoms with Gasteiger partial charge in [-0.1, -0.05) is 19.9 Å². The summed E-state index contributed by atoms with van der Waals surface area (Å²) in [5.74, 6) is 2.25. The summed E-state index contributed by atoms with van der Waals surface area (Å²) in [6, 6.07) is 7.88. The molecule has 144 valence electrons. The highest BCUT2D eigenvalue weighted by Gasteiger charge is 2.23. The number of nitrogens with one attached hydrogen (secondary N) is 2.